The number of hydrogen-bond donors (Lipinski definition) is 3. The molecule has 0 aliphatic rings. The minimum Gasteiger partial charge on any atom is -0.471 e. The smallest absolute Gasteiger partial charge is 0.330 e. The topological polar surface area (TPSA) is 132 Å². The predicted molar refractivity (Wildman–Crippen MR) is 138 cm³/mol. The van der Waals surface area contributed by atoms with E-state index in [1.807, 2.05) is 0 Å². The maximum atomic E-state index is 13.0. The molecule has 0 unspecified atom stereocenters. The molecule has 0 aromatic carbocycles. The number of amides is 2. The van der Waals surface area contributed by atoms with Crippen LogP contribution in [-0.2, 0) is 25.7 Å². The van der Waals surface area contributed by atoms with Crippen LogP contribution in [0.25, 0.3) is 0 Å². The number of rotatable bonds is 15. The molecule has 0 radical (unpaired) electrons. The van der Waals surface area contributed by atoms with Gasteiger partial charge in [-0.05, 0) is 62.3 Å². The van der Waals surface area contributed by atoms with Crippen molar-refractivity contribution in [3.05, 3.63) is 59.4 Å². The molecule has 11 heteroatoms. The van der Waals surface area contributed by atoms with Gasteiger partial charge in [0.15, 0.2) is 0 Å². The summed E-state index contributed by atoms with van der Waals surface area (Å²) in [7, 11) is 0. The number of pyridine rings is 1. The number of hydrogen-bond acceptors (Lipinski definition) is 8. The molecular weight excluding hydrogens is 484 g/mol. The molecule has 0 aliphatic carbocycles. The average Bonchev–Trinajstić information content (AvgIpc) is 3.34. The van der Waals surface area contributed by atoms with E-state index in [9.17, 15) is 19.2 Å². The molecule has 2 amide bonds. The van der Waals surface area contributed by atoms with Gasteiger partial charge in [-0.25, -0.2) is 9.52 Å². The number of anilines is 1. The van der Waals surface area contributed by atoms with E-state index in [0.29, 0.717) is 25.3 Å². The van der Waals surface area contributed by atoms with Gasteiger partial charge in [-0.2, -0.15) is 0 Å². The van der Waals surface area contributed by atoms with Gasteiger partial charge >= 0.3 is 5.97 Å². The monoisotopic (exact) mass is 518 g/mol. The van der Waals surface area contributed by atoms with Crippen LogP contribution < -0.4 is 20.9 Å². The van der Waals surface area contributed by atoms with Crippen molar-refractivity contribution in [3.8, 4) is 0 Å². The molecule has 0 spiro atoms. The minimum atomic E-state index is -0.691. The van der Waals surface area contributed by atoms with Crippen molar-refractivity contribution in [2.24, 2.45) is 5.92 Å². The van der Waals surface area contributed by atoms with E-state index in [2.05, 4.69) is 29.2 Å². The zero-order valence-corrected chi connectivity index (χ0v) is 21.6. The first-order valence-corrected chi connectivity index (χ1v) is 12.7. The molecule has 0 saturated heterocycles. The van der Waals surface area contributed by atoms with E-state index in [4.69, 9.17) is 9.15 Å². The van der Waals surface area contributed by atoms with Crippen LogP contribution in [0, 0.1) is 5.92 Å². The summed E-state index contributed by atoms with van der Waals surface area (Å²) >= 11 is 1.22. The van der Waals surface area contributed by atoms with Crippen molar-refractivity contribution >= 4 is 35.4 Å². The third kappa shape index (κ3) is 10.5. The van der Waals surface area contributed by atoms with Gasteiger partial charge in [-0.15, -0.1) is 0 Å². The Morgan fingerprint density at radius 1 is 1.22 bits per heavy atom. The molecule has 2 heterocycles. The molecular formula is C25H34N4O6S. The third-order valence-electron chi connectivity index (χ3n) is 4.93. The van der Waals surface area contributed by atoms with Gasteiger partial charge in [0.05, 0.1) is 23.8 Å². The summed E-state index contributed by atoms with van der Waals surface area (Å²) in [5.41, 5.74) is -0.409. The first kappa shape index (κ1) is 28.9. The van der Waals surface area contributed by atoms with Gasteiger partial charge in [-0.1, -0.05) is 19.9 Å². The normalized spacial score (nSPS) is 12.0. The molecule has 36 heavy (non-hydrogen) atoms. The summed E-state index contributed by atoms with van der Waals surface area (Å²) in [5, 5.41) is 5.46. The van der Waals surface area contributed by atoms with E-state index in [0.717, 1.165) is 11.3 Å². The van der Waals surface area contributed by atoms with Crippen molar-refractivity contribution in [2.45, 2.75) is 57.5 Å². The highest BCUT2D eigenvalue weighted by Gasteiger charge is 2.20. The predicted octanol–water partition coefficient (Wildman–Crippen LogP) is 3.11. The standard InChI is InChI=1S/C25H34N4O6S/c1-4-35-23(31)10-6-5-8-20(28-36-19-12-15-34-17-19)24(32)27-21-9-7-14-29(25(21)33)16-22(30)26-13-11-18(2)3/h6-7,9-10,12,14-15,17-18,20,28H,4-5,8,11,13,16H2,1-3H3,(H,26,30)(H,27,32)/b10-6+/t20-/m0/s1. The lowest BCUT2D eigenvalue weighted by atomic mass is 10.1. The number of nitrogens with one attached hydrogen (secondary N) is 3. The lowest BCUT2D eigenvalue weighted by Crippen LogP contribution is -2.39. The van der Waals surface area contributed by atoms with E-state index in [-0.39, 0.29) is 24.7 Å². The van der Waals surface area contributed by atoms with Crippen molar-refractivity contribution in [1.29, 1.82) is 0 Å². The SMILES string of the molecule is CCOC(=O)/C=C/CC[C@H](NSc1ccoc1)C(=O)Nc1cccn(CC(=O)NCCC(C)C)c1=O. The first-order valence-electron chi connectivity index (χ1n) is 11.8. The second-order valence-corrected chi connectivity index (χ2v) is 9.25. The molecule has 2 aromatic heterocycles. The molecule has 3 N–H and O–H groups in total. The number of furan rings is 1. The van der Waals surface area contributed by atoms with Gasteiger partial charge < -0.3 is 24.4 Å². The van der Waals surface area contributed by atoms with Gasteiger partial charge in [0.25, 0.3) is 5.56 Å². The summed E-state index contributed by atoms with van der Waals surface area (Å²) in [6.45, 7) is 6.53. The van der Waals surface area contributed by atoms with E-state index < -0.39 is 23.5 Å². The maximum Gasteiger partial charge on any atom is 0.330 e. The largest absolute Gasteiger partial charge is 0.471 e. The first-order chi connectivity index (χ1) is 17.3. The lowest BCUT2D eigenvalue weighted by Gasteiger charge is -2.17. The summed E-state index contributed by atoms with van der Waals surface area (Å²) in [5.74, 6) is -0.685. The fourth-order valence-electron chi connectivity index (χ4n) is 3.01. The minimum absolute atomic E-state index is 0.0691. The summed E-state index contributed by atoms with van der Waals surface area (Å²) in [4.78, 5) is 50.4. The molecule has 2 rings (SSSR count). The fourth-order valence-corrected chi connectivity index (χ4v) is 3.74. The number of esters is 1. The molecule has 10 nitrogen and oxygen atoms in total. The Morgan fingerprint density at radius 2 is 2.03 bits per heavy atom. The average molecular weight is 519 g/mol. The number of allylic oxidation sites excluding steroid dienone is 1. The van der Waals surface area contributed by atoms with Crippen LogP contribution in [-0.4, -0.2) is 41.5 Å². The highest BCUT2D eigenvalue weighted by Crippen LogP contribution is 2.17. The highest BCUT2D eigenvalue weighted by molar-refractivity contribution is 7.97. The van der Waals surface area contributed by atoms with Gasteiger partial charge in [0.2, 0.25) is 11.8 Å². The Balaban J connectivity index is 2.03. The summed E-state index contributed by atoms with van der Waals surface area (Å²) in [6, 6.07) is 4.15. The van der Waals surface area contributed by atoms with Crippen molar-refractivity contribution in [2.75, 3.05) is 18.5 Å². The van der Waals surface area contributed by atoms with Gasteiger partial charge in [0.1, 0.15) is 18.5 Å². The molecule has 0 fully saturated rings. The highest BCUT2D eigenvalue weighted by atomic mass is 32.2. The van der Waals surface area contributed by atoms with Crippen LogP contribution in [0.4, 0.5) is 5.69 Å². The van der Waals surface area contributed by atoms with E-state index in [1.165, 1.54) is 47.4 Å². The molecule has 0 aliphatic heterocycles. The quantitative estimate of drug-likeness (QED) is 0.186. The molecule has 0 saturated carbocycles. The third-order valence-corrected chi connectivity index (χ3v) is 5.80. The van der Waals surface area contributed by atoms with Crippen LogP contribution in [0.5, 0.6) is 0 Å². The second kappa shape index (κ2) is 15.6. The molecule has 196 valence electrons. The van der Waals surface area contributed by atoms with Crippen LogP contribution in [0.3, 0.4) is 0 Å². The van der Waals surface area contributed by atoms with Crippen LogP contribution in [0.15, 0.2) is 63.2 Å². The number of carbonyl (C=O) groups excluding carboxylic acids is 3. The van der Waals surface area contributed by atoms with Crippen molar-refractivity contribution in [1.82, 2.24) is 14.6 Å². The zero-order valence-electron chi connectivity index (χ0n) is 20.8. The Kier molecular flexibility index (Phi) is 12.6. The molecule has 2 aromatic rings. The van der Waals surface area contributed by atoms with E-state index in [1.54, 1.807) is 25.1 Å². The maximum absolute atomic E-state index is 13.0. The molecule has 0 bridgehead atoms. The van der Waals surface area contributed by atoms with E-state index >= 15 is 0 Å². The summed E-state index contributed by atoms with van der Waals surface area (Å²) in [6.07, 6.45) is 9.14. The van der Waals surface area contributed by atoms with Crippen LogP contribution >= 0.6 is 11.9 Å². The number of carbonyl (C=O) groups is 3. The Morgan fingerprint density at radius 3 is 2.72 bits per heavy atom. The number of ether oxygens (including phenoxy) is 1. The number of nitrogens with zero attached hydrogens (tertiary/aromatic N) is 1. The number of aromatic nitrogens is 1. The van der Waals surface area contributed by atoms with Crippen LogP contribution in [0.2, 0.25) is 0 Å². The fraction of sp³-hybridized carbons (Fsp3) is 0.440. The Labute approximate surface area is 215 Å². The Hall–Kier alpha value is -3.31. The lowest BCUT2D eigenvalue weighted by molar-refractivity contribution is -0.137. The zero-order chi connectivity index (χ0) is 26.3. The van der Waals surface area contributed by atoms with Gasteiger partial charge in [-0.3, -0.25) is 14.4 Å². The second-order valence-electron chi connectivity index (χ2n) is 8.34. The van der Waals surface area contributed by atoms with Crippen molar-refractivity contribution in [3.63, 3.8) is 0 Å². The Bertz CT molecular complexity index is 1060. The van der Waals surface area contributed by atoms with Crippen molar-refractivity contribution < 1.29 is 23.5 Å². The molecule has 1 atom stereocenters. The van der Waals surface area contributed by atoms with Gasteiger partial charge in [0, 0.05) is 18.8 Å². The van der Waals surface area contributed by atoms with Crippen LogP contribution in [0.1, 0.15) is 40.0 Å². The summed E-state index contributed by atoms with van der Waals surface area (Å²) < 4.78 is 14.2.